The molecule has 0 amide bonds. The van der Waals surface area contributed by atoms with Gasteiger partial charge in [0.2, 0.25) is 0 Å². The predicted molar refractivity (Wildman–Crippen MR) is 78.2 cm³/mol. The lowest BCUT2D eigenvalue weighted by Crippen LogP contribution is -2.21. The highest BCUT2D eigenvalue weighted by Crippen LogP contribution is 2.32. The first kappa shape index (κ1) is 15.3. The van der Waals surface area contributed by atoms with E-state index in [1.807, 2.05) is 18.2 Å². The highest BCUT2D eigenvalue weighted by atomic mass is 35.5. The van der Waals surface area contributed by atoms with Crippen LogP contribution in [0.5, 0.6) is 5.75 Å². The van der Waals surface area contributed by atoms with Gasteiger partial charge in [-0.25, -0.2) is 0 Å². The molecule has 0 aromatic heterocycles. The van der Waals surface area contributed by atoms with E-state index in [1.54, 1.807) is 7.11 Å². The van der Waals surface area contributed by atoms with Crippen molar-refractivity contribution < 1.29 is 4.74 Å². The van der Waals surface area contributed by atoms with Gasteiger partial charge in [-0.3, -0.25) is 0 Å². The van der Waals surface area contributed by atoms with Crippen LogP contribution in [0.2, 0.25) is 5.02 Å². The number of hydrogen-bond donors (Lipinski definition) is 1. The number of halogens is 1. The first-order valence-electron chi connectivity index (χ1n) is 6.73. The third kappa shape index (κ3) is 3.89. The highest BCUT2D eigenvalue weighted by molar-refractivity contribution is 6.32. The summed E-state index contributed by atoms with van der Waals surface area (Å²) < 4.78 is 5.16. The van der Waals surface area contributed by atoms with Crippen LogP contribution >= 0.6 is 11.6 Å². The molecule has 0 aliphatic carbocycles. The van der Waals surface area contributed by atoms with Crippen molar-refractivity contribution in [3.63, 3.8) is 0 Å². The fraction of sp³-hybridized carbons (Fsp3) is 0.600. The second kappa shape index (κ2) is 7.65. The van der Waals surface area contributed by atoms with Crippen molar-refractivity contribution in [2.45, 2.75) is 45.6 Å². The topological polar surface area (TPSA) is 35.2 Å². The van der Waals surface area contributed by atoms with E-state index >= 15 is 0 Å². The summed E-state index contributed by atoms with van der Waals surface area (Å²) in [5, 5.41) is 0.636. The number of ether oxygens (including phenoxy) is 1. The average molecular weight is 270 g/mol. The van der Waals surface area contributed by atoms with Crippen molar-refractivity contribution in [3.05, 3.63) is 28.8 Å². The van der Waals surface area contributed by atoms with Gasteiger partial charge < -0.3 is 10.5 Å². The van der Waals surface area contributed by atoms with Crippen molar-refractivity contribution in [1.29, 1.82) is 0 Å². The minimum atomic E-state index is 0.0632. The molecule has 0 radical (unpaired) electrons. The molecule has 1 aromatic rings. The number of methoxy groups -OCH3 is 1. The van der Waals surface area contributed by atoms with E-state index in [1.165, 1.54) is 25.7 Å². The van der Waals surface area contributed by atoms with Crippen LogP contribution < -0.4 is 10.5 Å². The maximum absolute atomic E-state index is 6.37. The van der Waals surface area contributed by atoms with E-state index in [-0.39, 0.29) is 6.04 Å². The Kier molecular flexibility index (Phi) is 6.51. The fourth-order valence-electron chi connectivity index (χ4n) is 2.41. The van der Waals surface area contributed by atoms with Crippen LogP contribution in [0.3, 0.4) is 0 Å². The van der Waals surface area contributed by atoms with Crippen LogP contribution in [0.4, 0.5) is 0 Å². The third-order valence-electron chi connectivity index (χ3n) is 3.39. The molecule has 1 rings (SSSR count). The maximum atomic E-state index is 6.37. The van der Waals surface area contributed by atoms with Gasteiger partial charge in [0.05, 0.1) is 12.1 Å². The van der Waals surface area contributed by atoms with Gasteiger partial charge >= 0.3 is 0 Å². The Balaban J connectivity index is 2.86. The number of nitrogens with two attached hydrogens (primary N) is 1. The molecule has 0 aliphatic heterocycles. The largest absolute Gasteiger partial charge is 0.495 e. The molecular weight excluding hydrogens is 246 g/mol. The molecule has 0 saturated carbocycles. The van der Waals surface area contributed by atoms with Gasteiger partial charge in [0, 0.05) is 6.04 Å². The molecule has 2 nitrogen and oxygen atoms in total. The molecule has 18 heavy (non-hydrogen) atoms. The molecule has 0 heterocycles. The van der Waals surface area contributed by atoms with Crippen molar-refractivity contribution in [1.82, 2.24) is 0 Å². The molecule has 1 atom stereocenters. The minimum absolute atomic E-state index is 0.0632. The zero-order chi connectivity index (χ0) is 13.5. The van der Waals surface area contributed by atoms with Gasteiger partial charge in [0.15, 0.2) is 0 Å². The second-order valence-electron chi connectivity index (χ2n) is 4.76. The molecular formula is C15H24ClNO. The Morgan fingerprint density at radius 2 is 1.83 bits per heavy atom. The summed E-state index contributed by atoms with van der Waals surface area (Å²) in [6.07, 6.45) is 4.67. The van der Waals surface area contributed by atoms with Crippen molar-refractivity contribution in [3.8, 4) is 5.75 Å². The van der Waals surface area contributed by atoms with E-state index in [0.29, 0.717) is 16.7 Å². The van der Waals surface area contributed by atoms with Crippen molar-refractivity contribution >= 4 is 11.6 Å². The van der Waals surface area contributed by atoms with Crippen LogP contribution in [0.25, 0.3) is 0 Å². The number of hydrogen-bond acceptors (Lipinski definition) is 2. The van der Waals surface area contributed by atoms with Gasteiger partial charge in [-0.15, -0.1) is 0 Å². The molecule has 0 spiro atoms. The normalized spacial score (nSPS) is 12.8. The fourth-order valence-corrected chi connectivity index (χ4v) is 2.67. The first-order valence-corrected chi connectivity index (χ1v) is 7.10. The standard InChI is InChI=1S/C15H24ClNO/c1-4-6-11(7-5-2)15(17)12-8-9-14(18-3)13(16)10-12/h8-11,15H,4-7,17H2,1-3H3. The number of rotatable bonds is 7. The smallest absolute Gasteiger partial charge is 0.137 e. The van der Waals surface area contributed by atoms with E-state index in [0.717, 1.165) is 5.56 Å². The molecule has 0 saturated heterocycles. The molecule has 2 N–H and O–H groups in total. The predicted octanol–water partition coefficient (Wildman–Crippen LogP) is 4.56. The maximum Gasteiger partial charge on any atom is 0.137 e. The van der Waals surface area contributed by atoms with Gasteiger partial charge in [0.25, 0.3) is 0 Å². The monoisotopic (exact) mass is 269 g/mol. The Morgan fingerprint density at radius 3 is 2.28 bits per heavy atom. The van der Waals surface area contributed by atoms with Crippen molar-refractivity contribution in [2.24, 2.45) is 11.7 Å². The SMILES string of the molecule is CCCC(CCC)C(N)c1ccc(OC)c(Cl)c1. The summed E-state index contributed by atoms with van der Waals surface area (Å²) in [6.45, 7) is 4.41. The van der Waals surface area contributed by atoms with Gasteiger partial charge in [-0.1, -0.05) is 44.4 Å². The van der Waals surface area contributed by atoms with E-state index in [2.05, 4.69) is 13.8 Å². The van der Waals surface area contributed by atoms with Gasteiger partial charge in [-0.2, -0.15) is 0 Å². The Morgan fingerprint density at radius 1 is 1.22 bits per heavy atom. The van der Waals surface area contributed by atoms with Crippen LogP contribution in [0.15, 0.2) is 18.2 Å². The quantitative estimate of drug-likeness (QED) is 0.787. The molecule has 0 aliphatic rings. The molecule has 1 aromatic carbocycles. The van der Waals surface area contributed by atoms with Crippen LogP contribution in [-0.4, -0.2) is 7.11 Å². The number of benzene rings is 1. The van der Waals surface area contributed by atoms with E-state index in [9.17, 15) is 0 Å². The van der Waals surface area contributed by atoms with Crippen LogP contribution in [0, 0.1) is 5.92 Å². The molecule has 0 fully saturated rings. The summed E-state index contributed by atoms with van der Waals surface area (Å²) in [5.41, 5.74) is 7.48. The zero-order valence-corrected chi connectivity index (χ0v) is 12.3. The summed E-state index contributed by atoms with van der Waals surface area (Å²) in [6, 6.07) is 5.91. The highest BCUT2D eigenvalue weighted by Gasteiger charge is 2.18. The molecule has 1 unspecified atom stereocenters. The lowest BCUT2D eigenvalue weighted by atomic mass is 9.87. The van der Waals surface area contributed by atoms with Crippen LogP contribution in [0.1, 0.15) is 51.1 Å². The lowest BCUT2D eigenvalue weighted by Gasteiger charge is -2.24. The second-order valence-corrected chi connectivity index (χ2v) is 5.16. The van der Waals surface area contributed by atoms with Gasteiger partial charge in [-0.05, 0) is 36.5 Å². The van der Waals surface area contributed by atoms with E-state index in [4.69, 9.17) is 22.1 Å². The van der Waals surface area contributed by atoms with Crippen molar-refractivity contribution in [2.75, 3.05) is 7.11 Å². The van der Waals surface area contributed by atoms with Gasteiger partial charge in [0.1, 0.15) is 5.75 Å². The molecule has 102 valence electrons. The Bertz CT molecular complexity index is 362. The first-order chi connectivity index (χ1) is 8.63. The summed E-state index contributed by atoms with van der Waals surface area (Å²) in [5.74, 6) is 1.24. The zero-order valence-electron chi connectivity index (χ0n) is 11.6. The average Bonchev–Trinajstić information content (AvgIpc) is 2.37. The Hall–Kier alpha value is -0.730. The molecule has 3 heteroatoms. The summed E-state index contributed by atoms with van der Waals surface area (Å²) >= 11 is 6.15. The lowest BCUT2D eigenvalue weighted by molar-refractivity contribution is 0.368. The molecule has 0 bridgehead atoms. The third-order valence-corrected chi connectivity index (χ3v) is 3.68. The van der Waals surface area contributed by atoms with Crippen LogP contribution in [-0.2, 0) is 0 Å². The minimum Gasteiger partial charge on any atom is -0.495 e. The van der Waals surface area contributed by atoms with E-state index < -0.39 is 0 Å². The Labute approximate surface area is 115 Å². The summed E-state index contributed by atoms with van der Waals surface area (Å²) in [4.78, 5) is 0. The summed E-state index contributed by atoms with van der Waals surface area (Å²) in [7, 11) is 1.62.